The lowest BCUT2D eigenvalue weighted by Crippen LogP contribution is -2.00. The molecule has 0 aromatic heterocycles. The molecule has 0 heterocycles. The SMILES string of the molecule is Cc1ccccc1NCc1ccc(F)cc1. The predicted octanol–water partition coefficient (Wildman–Crippen LogP) is 3.75. The minimum absolute atomic E-state index is 0.195. The van der Waals surface area contributed by atoms with E-state index in [1.54, 1.807) is 12.1 Å². The van der Waals surface area contributed by atoms with Gasteiger partial charge in [0.1, 0.15) is 5.82 Å². The molecular formula is C14H14FN. The Morgan fingerprint density at radius 1 is 1.00 bits per heavy atom. The Labute approximate surface area is 94.9 Å². The van der Waals surface area contributed by atoms with Crippen LogP contribution in [0.1, 0.15) is 11.1 Å². The molecule has 2 aromatic carbocycles. The lowest BCUT2D eigenvalue weighted by atomic mass is 10.2. The van der Waals surface area contributed by atoms with Crippen LogP contribution in [0.15, 0.2) is 48.5 Å². The van der Waals surface area contributed by atoms with E-state index in [2.05, 4.69) is 18.3 Å². The highest BCUT2D eigenvalue weighted by atomic mass is 19.1. The molecule has 0 amide bonds. The molecule has 0 aliphatic rings. The zero-order valence-electron chi connectivity index (χ0n) is 9.20. The normalized spacial score (nSPS) is 10.1. The van der Waals surface area contributed by atoms with E-state index in [9.17, 15) is 4.39 Å². The van der Waals surface area contributed by atoms with Crippen molar-refractivity contribution >= 4 is 5.69 Å². The molecule has 0 saturated heterocycles. The Morgan fingerprint density at radius 3 is 2.38 bits per heavy atom. The molecule has 0 spiro atoms. The Bertz CT molecular complexity index is 462. The van der Waals surface area contributed by atoms with Crippen molar-refractivity contribution in [1.82, 2.24) is 0 Å². The molecule has 0 radical (unpaired) electrons. The molecule has 2 aromatic rings. The second-order valence-electron chi connectivity index (χ2n) is 3.79. The van der Waals surface area contributed by atoms with Gasteiger partial charge in [0.05, 0.1) is 0 Å². The lowest BCUT2D eigenvalue weighted by molar-refractivity contribution is 0.627. The largest absolute Gasteiger partial charge is 0.381 e. The van der Waals surface area contributed by atoms with Crippen LogP contribution < -0.4 is 5.32 Å². The first kappa shape index (κ1) is 10.7. The van der Waals surface area contributed by atoms with Crippen molar-refractivity contribution in [2.75, 3.05) is 5.32 Å². The summed E-state index contributed by atoms with van der Waals surface area (Å²) in [6, 6.07) is 14.7. The number of halogens is 1. The number of hydrogen-bond donors (Lipinski definition) is 1. The van der Waals surface area contributed by atoms with Gasteiger partial charge < -0.3 is 5.32 Å². The summed E-state index contributed by atoms with van der Waals surface area (Å²) in [5.74, 6) is -0.195. The van der Waals surface area contributed by atoms with Crippen molar-refractivity contribution in [2.24, 2.45) is 0 Å². The molecule has 0 saturated carbocycles. The Kier molecular flexibility index (Phi) is 3.20. The van der Waals surface area contributed by atoms with Crippen molar-refractivity contribution in [1.29, 1.82) is 0 Å². The second-order valence-corrected chi connectivity index (χ2v) is 3.79. The number of benzene rings is 2. The fourth-order valence-electron chi connectivity index (χ4n) is 1.57. The van der Waals surface area contributed by atoms with Crippen LogP contribution in [0.25, 0.3) is 0 Å². The van der Waals surface area contributed by atoms with E-state index in [1.165, 1.54) is 17.7 Å². The Hall–Kier alpha value is -1.83. The highest BCUT2D eigenvalue weighted by molar-refractivity contribution is 5.50. The smallest absolute Gasteiger partial charge is 0.123 e. The number of hydrogen-bond acceptors (Lipinski definition) is 1. The first-order valence-corrected chi connectivity index (χ1v) is 5.29. The van der Waals surface area contributed by atoms with Gasteiger partial charge in [-0.2, -0.15) is 0 Å². The maximum atomic E-state index is 12.7. The van der Waals surface area contributed by atoms with Crippen LogP contribution in [0.3, 0.4) is 0 Å². The third kappa shape index (κ3) is 2.60. The summed E-state index contributed by atoms with van der Waals surface area (Å²) in [4.78, 5) is 0. The summed E-state index contributed by atoms with van der Waals surface area (Å²) in [6.07, 6.45) is 0. The minimum atomic E-state index is -0.195. The third-order valence-electron chi connectivity index (χ3n) is 2.54. The summed E-state index contributed by atoms with van der Waals surface area (Å²) in [5.41, 5.74) is 3.40. The van der Waals surface area contributed by atoms with Crippen LogP contribution in [0.2, 0.25) is 0 Å². The molecular weight excluding hydrogens is 201 g/mol. The third-order valence-corrected chi connectivity index (χ3v) is 2.54. The number of para-hydroxylation sites is 1. The van der Waals surface area contributed by atoms with Crippen molar-refractivity contribution in [3.05, 3.63) is 65.5 Å². The molecule has 0 aliphatic heterocycles. The van der Waals surface area contributed by atoms with E-state index < -0.39 is 0 Å². The van der Waals surface area contributed by atoms with Gasteiger partial charge in [-0.15, -0.1) is 0 Å². The van der Waals surface area contributed by atoms with Gasteiger partial charge in [-0.25, -0.2) is 4.39 Å². The number of aryl methyl sites for hydroxylation is 1. The van der Waals surface area contributed by atoms with E-state index in [-0.39, 0.29) is 5.82 Å². The minimum Gasteiger partial charge on any atom is -0.381 e. The van der Waals surface area contributed by atoms with E-state index >= 15 is 0 Å². The van der Waals surface area contributed by atoms with Gasteiger partial charge in [0.15, 0.2) is 0 Å². The van der Waals surface area contributed by atoms with Crippen LogP contribution in [-0.2, 0) is 6.54 Å². The lowest BCUT2D eigenvalue weighted by Gasteiger charge is -2.09. The van der Waals surface area contributed by atoms with Crippen molar-refractivity contribution in [2.45, 2.75) is 13.5 Å². The molecule has 16 heavy (non-hydrogen) atoms. The number of anilines is 1. The van der Waals surface area contributed by atoms with Crippen molar-refractivity contribution < 1.29 is 4.39 Å². The van der Waals surface area contributed by atoms with Crippen LogP contribution >= 0.6 is 0 Å². The fourth-order valence-corrected chi connectivity index (χ4v) is 1.57. The maximum Gasteiger partial charge on any atom is 0.123 e. The van der Waals surface area contributed by atoms with Gasteiger partial charge in [0.25, 0.3) is 0 Å². The molecule has 1 N–H and O–H groups in total. The molecule has 2 rings (SSSR count). The summed E-state index contributed by atoms with van der Waals surface area (Å²) in [7, 11) is 0. The molecule has 0 atom stereocenters. The van der Waals surface area contributed by atoms with Gasteiger partial charge in [-0.1, -0.05) is 30.3 Å². The number of rotatable bonds is 3. The fraction of sp³-hybridized carbons (Fsp3) is 0.143. The average Bonchev–Trinajstić information content (AvgIpc) is 2.30. The van der Waals surface area contributed by atoms with E-state index in [0.717, 1.165) is 11.3 Å². The number of nitrogens with one attached hydrogen (secondary N) is 1. The van der Waals surface area contributed by atoms with Gasteiger partial charge >= 0.3 is 0 Å². The van der Waals surface area contributed by atoms with Crippen molar-refractivity contribution in [3.63, 3.8) is 0 Å². The average molecular weight is 215 g/mol. The molecule has 0 aliphatic carbocycles. The van der Waals surface area contributed by atoms with Gasteiger partial charge in [-0.3, -0.25) is 0 Å². The molecule has 0 bridgehead atoms. The van der Waals surface area contributed by atoms with E-state index in [1.807, 2.05) is 18.2 Å². The Morgan fingerprint density at radius 2 is 1.69 bits per heavy atom. The van der Waals surface area contributed by atoms with Gasteiger partial charge in [0, 0.05) is 12.2 Å². The zero-order chi connectivity index (χ0) is 11.4. The first-order valence-electron chi connectivity index (χ1n) is 5.29. The summed E-state index contributed by atoms with van der Waals surface area (Å²) in [5, 5.41) is 3.33. The molecule has 2 heteroatoms. The highest BCUT2D eigenvalue weighted by Gasteiger charge is 1.97. The topological polar surface area (TPSA) is 12.0 Å². The standard InChI is InChI=1S/C14H14FN/c1-11-4-2-3-5-14(11)16-10-12-6-8-13(15)9-7-12/h2-9,16H,10H2,1H3. The second kappa shape index (κ2) is 4.79. The summed E-state index contributed by atoms with van der Waals surface area (Å²) < 4.78 is 12.7. The zero-order valence-corrected chi connectivity index (χ0v) is 9.20. The van der Waals surface area contributed by atoms with Gasteiger partial charge in [0.2, 0.25) is 0 Å². The van der Waals surface area contributed by atoms with Crippen LogP contribution in [0, 0.1) is 12.7 Å². The van der Waals surface area contributed by atoms with Gasteiger partial charge in [-0.05, 0) is 36.2 Å². The quantitative estimate of drug-likeness (QED) is 0.822. The Balaban J connectivity index is 2.02. The predicted molar refractivity (Wildman–Crippen MR) is 64.9 cm³/mol. The molecule has 82 valence electrons. The van der Waals surface area contributed by atoms with Crippen LogP contribution in [0.5, 0.6) is 0 Å². The highest BCUT2D eigenvalue weighted by Crippen LogP contribution is 2.14. The first-order chi connectivity index (χ1) is 7.75. The molecule has 1 nitrogen and oxygen atoms in total. The van der Waals surface area contributed by atoms with Crippen molar-refractivity contribution in [3.8, 4) is 0 Å². The van der Waals surface area contributed by atoms with E-state index in [0.29, 0.717) is 6.54 Å². The summed E-state index contributed by atoms with van der Waals surface area (Å²) >= 11 is 0. The van der Waals surface area contributed by atoms with Crippen LogP contribution in [0.4, 0.5) is 10.1 Å². The summed E-state index contributed by atoms with van der Waals surface area (Å²) in [6.45, 7) is 2.78. The maximum absolute atomic E-state index is 12.7. The monoisotopic (exact) mass is 215 g/mol. The van der Waals surface area contributed by atoms with E-state index in [4.69, 9.17) is 0 Å². The molecule has 0 fully saturated rings. The van der Waals surface area contributed by atoms with Crippen LogP contribution in [-0.4, -0.2) is 0 Å². The molecule has 0 unspecified atom stereocenters.